The lowest BCUT2D eigenvalue weighted by Crippen LogP contribution is -2.42. The highest BCUT2D eigenvalue weighted by atomic mass is 32.1. The van der Waals surface area contributed by atoms with E-state index in [1.54, 1.807) is 13.8 Å². The third-order valence-electron chi connectivity index (χ3n) is 2.54. The Labute approximate surface area is 106 Å². The molecule has 0 spiro atoms. The first-order valence-electron chi connectivity index (χ1n) is 5.61. The molecule has 2 N–H and O–H groups in total. The van der Waals surface area contributed by atoms with Gasteiger partial charge in [0.25, 0.3) is 0 Å². The molecule has 0 saturated carbocycles. The van der Waals surface area contributed by atoms with Gasteiger partial charge in [-0.05, 0) is 43.2 Å². The molecule has 0 radical (unpaired) electrons. The van der Waals surface area contributed by atoms with E-state index in [4.69, 9.17) is 4.74 Å². The normalized spacial score (nSPS) is 16.2. The highest BCUT2D eigenvalue weighted by molar-refractivity contribution is 7.08. The average Bonchev–Trinajstić information content (AvgIpc) is 2.80. The van der Waals surface area contributed by atoms with Crippen molar-refractivity contribution in [3.63, 3.8) is 0 Å². The predicted octanol–water partition coefficient (Wildman–Crippen LogP) is 1.50. The van der Waals surface area contributed by atoms with E-state index in [0.29, 0.717) is 6.61 Å². The molecule has 17 heavy (non-hydrogen) atoms. The maximum atomic E-state index is 11.6. The summed E-state index contributed by atoms with van der Waals surface area (Å²) >= 11 is 1.52. The van der Waals surface area contributed by atoms with E-state index in [2.05, 4.69) is 5.32 Å². The Hall–Kier alpha value is -0.910. The zero-order valence-corrected chi connectivity index (χ0v) is 11.2. The average molecular weight is 257 g/mol. The summed E-state index contributed by atoms with van der Waals surface area (Å²) in [5.74, 6) is -0.206. The molecular formula is C12H19NO3S. The number of hydrogen-bond donors (Lipinski definition) is 2. The van der Waals surface area contributed by atoms with Crippen LogP contribution in [0.25, 0.3) is 0 Å². The van der Waals surface area contributed by atoms with Crippen LogP contribution in [0, 0.1) is 0 Å². The summed E-state index contributed by atoms with van der Waals surface area (Å²) in [5, 5.41) is 16.6. The fourth-order valence-corrected chi connectivity index (χ4v) is 2.18. The van der Waals surface area contributed by atoms with E-state index in [1.807, 2.05) is 23.8 Å². The van der Waals surface area contributed by atoms with Crippen LogP contribution in [0.3, 0.4) is 0 Å². The summed E-state index contributed by atoms with van der Waals surface area (Å²) in [5.41, 5.74) is -0.228. The Balaban J connectivity index is 2.47. The van der Waals surface area contributed by atoms with Crippen LogP contribution in [-0.2, 0) is 15.1 Å². The van der Waals surface area contributed by atoms with Gasteiger partial charge in [0.05, 0.1) is 6.54 Å². The molecule has 0 fully saturated rings. The molecule has 1 aromatic heterocycles. The van der Waals surface area contributed by atoms with Crippen LogP contribution in [0.4, 0.5) is 0 Å². The lowest BCUT2D eigenvalue weighted by atomic mass is 9.99. The van der Waals surface area contributed by atoms with Crippen molar-refractivity contribution in [2.75, 3.05) is 13.2 Å². The van der Waals surface area contributed by atoms with Crippen molar-refractivity contribution in [1.82, 2.24) is 5.32 Å². The Morgan fingerprint density at radius 1 is 1.71 bits per heavy atom. The summed E-state index contributed by atoms with van der Waals surface area (Å²) in [6.45, 7) is 5.89. The van der Waals surface area contributed by atoms with Crippen LogP contribution in [0.15, 0.2) is 16.8 Å². The smallest absolute Gasteiger partial charge is 0.248 e. The summed E-state index contributed by atoms with van der Waals surface area (Å²) in [6.07, 6.45) is -0.488. The summed E-state index contributed by atoms with van der Waals surface area (Å²) in [6, 6.07) is 1.85. The minimum absolute atomic E-state index is 0.181. The first-order chi connectivity index (χ1) is 7.97. The molecular weight excluding hydrogens is 238 g/mol. The van der Waals surface area contributed by atoms with Crippen LogP contribution in [0.1, 0.15) is 26.3 Å². The van der Waals surface area contributed by atoms with E-state index < -0.39 is 11.7 Å². The van der Waals surface area contributed by atoms with E-state index in [-0.39, 0.29) is 12.5 Å². The molecule has 0 aliphatic rings. The first kappa shape index (κ1) is 14.2. The number of rotatable bonds is 6. The molecule has 0 saturated heterocycles. The fourth-order valence-electron chi connectivity index (χ4n) is 1.40. The Bertz CT molecular complexity index is 349. The third kappa shape index (κ3) is 4.11. The zero-order chi connectivity index (χ0) is 12.9. The van der Waals surface area contributed by atoms with Crippen molar-refractivity contribution in [2.24, 2.45) is 0 Å². The number of hydrogen-bond acceptors (Lipinski definition) is 4. The molecule has 4 nitrogen and oxygen atoms in total. The lowest BCUT2D eigenvalue weighted by Gasteiger charge is -2.23. The Morgan fingerprint density at radius 3 is 2.94 bits per heavy atom. The van der Waals surface area contributed by atoms with Gasteiger partial charge in [0.15, 0.2) is 0 Å². The molecule has 96 valence electrons. The van der Waals surface area contributed by atoms with Crippen molar-refractivity contribution < 1.29 is 14.6 Å². The highest BCUT2D eigenvalue weighted by Crippen LogP contribution is 2.21. The van der Waals surface area contributed by atoms with Gasteiger partial charge in [0.2, 0.25) is 5.91 Å². The maximum Gasteiger partial charge on any atom is 0.248 e. The number of amides is 1. The minimum Gasteiger partial charge on any atom is -0.384 e. The highest BCUT2D eigenvalue weighted by Gasteiger charge is 2.25. The third-order valence-corrected chi connectivity index (χ3v) is 3.22. The van der Waals surface area contributed by atoms with Gasteiger partial charge in [0.1, 0.15) is 11.7 Å². The van der Waals surface area contributed by atoms with Crippen LogP contribution in [-0.4, -0.2) is 30.3 Å². The Kier molecular flexibility index (Phi) is 5.11. The molecule has 1 rings (SSSR count). The van der Waals surface area contributed by atoms with Gasteiger partial charge in [-0.3, -0.25) is 4.79 Å². The van der Waals surface area contributed by atoms with Crippen LogP contribution in [0.2, 0.25) is 0 Å². The second-order valence-corrected chi connectivity index (χ2v) is 4.88. The molecule has 2 unspecified atom stereocenters. The Morgan fingerprint density at radius 2 is 2.41 bits per heavy atom. The van der Waals surface area contributed by atoms with Gasteiger partial charge in [-0.25, -0.2) is 0 Å². The van der Waals surface area contributed by atoms with Crippen LogP contribution >= 0.6 is 11.3 Å². The van der Waals surface area contributed by atoms with Gasteiger partial charge in [-0.15, -0.1) is 0 Å². The SMILES string of the molecule is CCOC(C)C(=O)NCC(C)(O)c1ccsc1. The van der Waals surface area contributed by atoms with Crippen molar-refractivity contribution in [2.45, 2.75) is 32.5 Å². The molecule has 0 aromatic carbocycles. The number of carbonyl (C=O) groups is 1. The van der Waals surface area contributed by atoms with E-state index in [9.17, 15) is 9.90 Å². The number of nitrogens with one attached hydrogen (secondary N) is 1. The van der Waals surface area contributed by atoms with Gasteiger partial charge in [-0.2, -0.15) is 11.3 Å². The molecule has 1 amide bonds. The number of carbonyl (C=O) groups excluding carboxylic acids is 1. The summed E-state index contributed by atoms with van der Waals surface area (Å²) < 4.78 is 5.17. The standard InChI is InChI=1S/C12H19NO3S/c1-4-16-9(2)11(14)13-8-12(3,15)10-5-6-17-7-10/h5-7,9,15H,4,8H2,1-3H3,(H,13,14). The topological polar surface area (TPSA) is 58.6 Å². The van der Waals surface area contributed by atoms with E-state index in [1.165, 1.54) is 11.3 Å². The summed E-state index contributed by atoms with van der Waals surface area (Å²) in [4.78, 5) is 11.6. The predicted molar refractivity (Wildman–Crippen MR) is 68.0 cm³/mol. The molecule has 2 atom stereocenters. The van der Waals surface area contributed by atoms with Gasteiger partial charge < -0.3 is 15.2 Å². The molecule has 1 heterocycles. The maximum absolute atomic E-state index is 11.6. The first-order valence-corrected chi connectivity index (χ1v) is 6.56. The van der Waals surface area contributed by atoms with Crippen LogP contribution in [0.5, 0.6) is 0 Å². The molecule has 1 aromatic rings. The number of ether oxygens (including phenoxy) is 1. The monoisotopic (exact) mass is 257 g/mol. The minimum atomic E-state index is -1.04. The van der Waals surface area contributed by atoms with Crippen molar-refractivity contribution in [3.8, 4) is 0 Å². The van der Waals surface area contributed by atoms with Crippen molar-refractivity contribution in [3.05, 3.63) is 22.4 Å². The van der Waals surface area contributed by atoms with Crippen LogP contribution < -0.4 is 5.32 Å². The van der Waals surface area contributed by atoms with E-state index in [0.717, 1.165) is 5.56 Å². The second-order valence-electron chi connectivity index (χ2n) is 4.10. The van der Waals surface area contributed by atoms with E-state index >= 15 is 0 Å². The fraction of sp³-hybridized carbons (Fsp3) is 0.583. The number of aliphatic hydroxyl groups is 1. The quantitative estimate of drug-likeness (QED) is 0.812. The van der Waals surface area contributed by atoms with Gasteiger partial charge in [-0.1, -0.05) is 0 Å². The lowest BCUT2D eigenvalue weighted by molar-refractivity contribution is -0.132. The molecule has 0 aliphatic carbocycles. The van der Waals surface area contributed by atoms with Crippen molar-refractivity contribution in [1.29, 1.82) is 0 Å². The second kappa shape index (κ2) is 6.14. The molecule has 0 aliphatic heterocycles. The number of thiophene rings is 1. The summed E-state index contributed by atoms with van der Waals surface area (Å²) in [7, 11) is 0. The van der Waals surface area contributed by atoms with Gasteiger partial charge in [0, 0.05) is 6.61 Å². The molecule has 5 heteroatoms. The molecule has 0 bridgehead atoms. The van der Waals surface area contributed by atoms with Gasteiger partial charge >= 0.3 is 0 Å². The largest absolute Gasteiger partial charge is 0.384 e. The van der Waals surface area contributed by atoms with Crippen molar-refractivity contribution >= 4 is 17.2 Å². The zero-order valence-electron chi connectivity index (χ0n) is 10.4.